The van der Waals surface area contributed by atoms with Crippen LogP contribution in [0.4, 0.5) is 0 Å². The molecule has 2 aromatic rings. The monoisotopic (exact) mass is 295 g/mol. The van der Waals surface area contributed by atoms with Crippen molar-refractivity contribution < 1.29 is 4.52 Å². The van der Waals surface area contributed by atoms with Crippen molar-refractivity contribution in [3.63, 3.8) is 0 Å². The third kappa shape index (κ3) is 2.56. The van der Waals surface area contributed by atoms with Gasteiger partial charge in [-0.3, -0.25) is 0 Å². The lowest BCUT2D eigenvalue weighted by Gasteiger charge is -2.16. The van der Waals surface area contributed by atoms with Gasteiger partial charge in [0.1, 0.15) is 0 Å². The van der Waals surface area contributed by atoms with Gasteiger partial charge in [0.15, 0.2) is 5.82 Å². The molecule has 4 nitrogen and oxygen atoms in total. The van der Waals surface area contributed by atoms with Gasteiger partial charge >= 0.3 is 0 Å². The lowest BCUT2D eigenvalue weighted by atomic mass is 10.0. The lowest BCUT2D eigenvalue weighted by Crippen LogP contribution is -2.33. The standard InChI is InChI=1S/C12H14BrN3O/c1-3-12(2,14)11-15-10(17-16-11)8-4-6-9(13)7-5-8/h4-7H,3,14H2,1-2H3. The summed E-state index contributed by atoms with van der Waals surface area (Å²) in [6.07, 6.45) is 0.756. The zero-order valence-electron chi connectivity index (χ0n) is 9.77. The summed E-state index contributed by atoms with van der Waals surface area (Å²) >= 11 is 3.38. The molecule has 0 aliphatic carbocycles. The first-order valence-electron chi connectivity index (χ1n) is 5.42. The highest BCUT2D eigenvalue weighted by Crippen LogP contribution is 2.24. The van der Waals surface area contributed by atoms with Crippen molar-refractivity contribution in [3.8, 4) is 11.5 Å². The van der Waals surface area contributed by atoms with Crippen LogP contribution in [0.15, 0.2) is 33.3 Å². The van der Waals surface area contributed by atoms with Crippen LogP contribution in [0.25, 0.3) is 11.5 Å². The fourth-order valence-corrected chi connectivity index (χ4v) is 1.59. The van der Waals surface area contributed by atoms with Crippen molar-refractivity contribution in [3.05, 3.63) is 34.6 Å². The number of nitrogens with zero attached hydrogens (tertiary/aromatic N) is 2. The second kappa shape index (κ2) is 4.58. The van der Waals surface area contributed by atoms with E-state index in [2.05, 4.69) is 26.1 Å². The van der Waals surface area contributed by atoms with Crippen molar-refractivity contribution in [1.29, 1.82) is 0 Å². The molecule has 0 bridgehead atoms. The number of halogens is 1. The molecule has 0 aliphatic rings. The quantitative estimate of drug-likeness (QED) is 0.945. The Kier molecular flexibility index (Phi) is 3.31. The lowest BCUT2D eigenvalue weighted by molar-refractivity contribution is 0.379. The van der Waals surface area contributed by atoms with Gasteiger partial charge in [0.25, 0.3) is 5.89 Å². The Labute approximate surface area is 108 Å². The minimum Gasteiger partial charge on any atom is -0.334 e. The van der Waals surface area contributed by atoms with E-state index >= 15 is 0 Å². The summed E-state index contributed by atoms with van der Waals surface area (Å²) in [4.78, 5) is 4.33. The number of aromatic nitrogens is 2. The zero-order chi connectivity index (χ0) is 12.5. The van der Waals surface area contributed by atoms with Gasteiger partial charge in [0, 0.05) is 10.0 Å². The van der Waals surface area contributed by atoms with Gasteiger partial charge in [0.05, 0.1) is 5.54 Å². The molecule has 0 amide bonds. The van der Waals surface area contributed by atoms with Crippen LogP contribution in [0, 0.1) is 0 Å². The van der Waals surface area contributed by atoms with Gasteiger partial charge in [-0.05, 0) is 37.6 Å². The summed E-state index contributed by atoms with van der Waals surface area (Å²) in [7, 11) is 0. The van der Waals surface area contributed by atoms with E-state index in [4.69, 9.17) is 10.3 Å². The van der Waals surface area contributed by atoms with Gasteiger partial charge in [-0.15, -0.1) is 0 Å². The van der Waals surface area contributed by atoms with Crippen LogP contribution in [0.2, 0.25) is 0 Å². The molecule has 0 radical (unpaired) electrons. The molecule has 0 saturated heterocycles. The topological polar surface area (TPSA) is 64.9 Å². The fraction of sp³-hybridized carbons (Fsp3) is 0.333. The molecule has 90 valence electrons. The van der Waals surface area contributed by atoms with Crippen LogP contribution in [0.1, 0.15) is 26.1 Å². The average molecular weight is 296 g/mol. The van der Waals surface area contributed by atoms with E-state index < -0.39 is 5.54 Å². The van der Waals surface area contributed by atoms with Crippen molar-refractivity contribution in [1.82, 2.24) is 10.1 Å². The predicted molar refractivity (Wildman–Crippen MR) is 69.3 cm³/mol. The molecule has 0 fully saturated rings. The fourth-order valence-electron chi connectivity index (χ4n) is 1.32. The third-order valence-electron chi connectivity index (χ3n) is 2.76. The zero-order valence-corrected chi connectivity index (χ0v) is 11.4. The van der Waals surface area contributed by atoms with E-state index in [9.17, 15) is 0 Å². The predicted octanol–water partition coefficient (Wildman–Crippen LogP) is 3.08. The average Bonchev–Trinajstić information content (AvgIpc) is 2.80. The van der Waals surface area contributed by atoms with Crippen LogP contribution in [0.5, 0.6) is 0 Å². The molecule has 2 rings (SSSR count). The molecular formula is C12H14BrN3O. The maximum Gasteiger partial charge on any atom is 0.257 e. The molecule has 0 aliphatic heterocycles. The molecule has 17 heavy (non-hydrogen) atoms. The Balaban J connectivity index is 2.33. The first-order valence-corrected chi connectivity index (χ1v) is 6.21. The molecule has 1 unspecified atom stereocenters. The number of hydrogen-bond donors (Lipinski definition) is 1. The molecule has 1 atom stereocenters. The Morgan fingerprint density at radius 1 is 1.35 bits per heavy atom. The minimum absolute atomic E-state index is 0.498. The molecule has 1 heterocycles. The van der Waals surface area contributed by atoms with E-state index in [-0.39, 0.29) is 0 Å². The third-order valence-corrected chi connectivity index (χ3v) is 3.29. The van der Waals surface area contributed by atoms with Gasteiger partial charge in [-0.1, -0.05) is 28.0 Å². The Morgan fingerprint density at radius 2 is 2.00 bits per heavy atom. The van der Waals surface area contributed by atoms with Crippen molar-refractivity contribution in [2.75, 3.05) is 0 Å². The maximum absolute atomic E-state index is 6.06. The van der Waals surface area contributed by atoms with Gasteiger partial charge in [0.2, 0.25) is 0 Å². The molecule has 0 spiro atoms. The van der Waals surface area contributed by atoms with Crippen LogP contribution < -0.4 is 5.73 Å². The van der Waals surface area contributed by atoms with Gasteiger partial charge in [-0.25, -0.2) is 0 Å². The number of benzene rings is 1. The first kappa shape index (κ1) is 12.3. The van der Waals surface area contributed by atoms with Gasteiger partial charge < -0.3 is 10.3 Å². The number of rotatable bonds is 3. The molecule has 5 heteroatoms. The summed E-state index contributed by atoms with van der Waals surface area (Å²) in [6, 6.07) is 7.70. The van der Waals surface area contributed by atoms with E-state index in [1.165, 1.54) is 0 Å². The summed E-state index contributed by atoms with van der Waals surface area (Å²) in [6.45, 7) is 3.89. The second-order valence-corrected chi connectivity index (χ2v) is 5.12. The summed E-state index contributed by atoms with van der Waals surface area (Å²) in [5.41, 5.74) is 6.40. The molecule has 2 N–H and O–H groups in total. The van der Waals surface area contributed by atoms with Gasteiger partial charge in [-0.2, -0.15) is 4.98 Å². The van der Waals surface area contributed by atoms with E-state index in [1.807, 2.05) is 38.1 Å². The first-order chi connectivity index (χ1) is 8.03. The summed E-state index contributed by atoms with van der Waals surface area (Å²) in [5.74, 6) is 1.04. The summed E-state index contributed by atoms with van der Waals surface area (Å²) in [5, 5.41) is 3.93. The second-order valence-electron chi connectivity index (χ2n) is 4.20. The van der Waals surface area contributed by atoms with E-state index in [0.29, 0.717) is 11.7 Å². The van der Waals surface area contributed by atoms with Crippen molar-refractivity contribution in [2.45, 2.75) is 25.8 Å². The molecule has 1 aromatic heterocycles. The Morgan fingerprint density at radius 3 is 2.59 bits per heavy atom. The Hall–Kier alpha value is -1.20. The molecule has 0 saturated carbocycles. The normalized spacial score (nSPS) is 14.6. The highest BCUT2D eigenvalue weighted by molar-refractivity contribution is 9.10. The minimum atomic E-state index is -0.545. The Bertz CT molecular complexity index is 505. The van der Waals surface area contributed by atoms with Crippen molar-refractivity contribution in [2.24, 2.45) is 5.73 Å². The highest BCUT2D eigenvalue weighted by Gasteiger charge is 2.25. The number of nitrogens with two attached hydrogens (primary N) is 1. The smallest absolute Gasteiger partial charge is 0.257 e. The largest absolute Gasteiger partial charge is 0.334 e. The van der Waals surface area contributed by atoms with E-state index in [0.717, 1.165) is 16.5 Å². The van der Waals surface area contributed by atoms with Crippen LogP contribution in [-0.2, 0) is 5.54 Å². The SMILES string of the molecule is CCC(C)(N)c1noc(-c2ccc(Br)cc2)n1. The molecular weight excluding hydrogens is 282 g/mol. The summed E-state index contributed by atoms with van der Waals surface area (Å²) < 4.78 is 6.23. The van der Waals surface area contributed by atoms with Crippen LogP contribution in [-0.4, -0.2) is 10.1 Å². The highest BCUT2D eigenvalue weighted by atomic mass is 79.9. The van der Waals surface area contributed by atoms with Crippen LogP contribution in [0.3, 0.4) is 0 Å². The van der Waals surface area contributed by atoms with E-state index in [1.54, 1.807) is 0 Å². The van der Waals surface area contributed by atoms with Crippen LogP contribution >= 0.6 is 15.9 Å². The number of hydrogen-bond acceptors (Lipinski definition) is 4. The van der Waals surface area contributed by atoms with Crippen molar-refractivity contribution >= 4 is 15.9 Å². The maximum atomic E-state index is 6.06. The molecule has 1 aromatic carbocycles.